The number of carbonyl (C=O) groups is 1. The molecule has 0 aromatic heterocycles. The Morgan fingerprint density at radius 3 is 2.70 bits per heavy atom. The molecule has 0 spiro atoms. The molecule has 1 aromatic carbocycles. The number of hydrogen-bond donors (Lipinski definition) is 2. The Kier molecular flexibility index (Phi) is 8.51. The summed E-state index contributed by atoms with van der Waals surface area (Å²) in [6.45, 7) is 2.31. The molecule has 1 unspecified atom stereocenters. The van der Waals surface area contributed by atoms with Crippen molar-refractivity contribution in [2.24, 2.45) is 5.73 Å². The van der Waals surface area contributed by atoms with Crippen molar-refractivity contribution >= 4 is 24.0 Å². The van der Waals surface area contributed by atoms with Gasteiger partial charge in [-0.05, 0) is 12.8 Å². The molecule has 0 aliphatic heterocycles. The molecule has 6 nitrogen and oxygen atoms in total. The summed E-state index contributed by atoms with van der Waals surface area (Å²) in [7, 11) is 0. The number of nitro benzene ring substituents is 1. The van der Waals surface area contributed by atoms with Crippen molar-refractivity contribution in [3.63, 3.8) is 0 Å². The van der Waals surface area contributed by atoms with Crippen LogP contribution in [-0.4, -0.2) is 23.4 Å². The topological polar surface area (TPSA) is 98.3 Å². The van der Waals surface area contributed by atoms with Crippen molar-refractivity contribution in [1.82, 2.24) is 5.32 Å². The summed E-state index contributed by atoms with van der Waals surface area (Å²) in [5.74, 6) is -0.208. The molecular formula is C13H20ClN3O3. The Bertz CT molecular complexity index is 454. The summed E-state index contributed by atoms with van der Waals surface area (Å²) in [5.41, 5.74) is 6.35. The van der Waals surface area contributed by atoms with E-state index in [1.165, 1.54) is 6.07 Å². The lowest BCUT2D eigenvalue weighted by Gasteiger charge is -2.11. The molecule has 1 aromatic rings. The van der Waals surface area contributed by atoms with E-state index in [-0.39, 0.29) is 24.0 Å². The molecular weight excluding hydrogens is 282 g/mol. The second-order valence-corrected chi connectivity index (χ2v) is 4.32. The highest BCUT2D eigenvalue weighted by atomic mass is 35.5. The molecule has 0 radical (unpaired) electrons. The molecule has 0 saturated heterocycles. The van der Waals surface area contributed by atoms with Gasteiger partial charge in [0.2, 0.25) is 5.91 Å². The first kappa shape index (κ1) is 18.3. The second kappa shape index (κ2) is 9.28. The highest BCUT2D eigenvalue weighted by molar-refractivity contribution is 5.85. The van der Waals surface area contributed by atoms with Crippen molar-refractivity contribution in [3.8, 4) is 0 Å². The van der Waals surface area contributed by atoms with Crippen LogP contribution in [0.2, 0.25) is 0 Å². The summed E-state index contributed by atoms with van der Waals surface area (Å²) >= 11 is 0. The first-order valence-corrected chi connectivity index (χ1v) is 6.31. The fourth-order valence-corrected chi connectivity index (χ4v) is 1.79. The van der Waals surface area contributed by atoms with E-state index in [9.17, 15) is 14.9 Å². The molecule has 1 rings (SSSR count). The van der Waals surface area contributed by atoms with Gasteiger partial charge in [0.1, 0.15) is 0 Å². The van der Waals surface area contributed by atoms with E-state index in [1.807, 2.05) is 6.92 Å². The van der Waals surface area contributed by atoms with E-state index < -0.39 is 11.0 Å². The third-order valence-electron chi connectivity index (χ3n) is 2.82. The normalized spacial score (nSPS) is 11.3. The van der Waals surface area contributed by atoms with Crippen molar-refractivity contribution in [2.45, 2.75) is 32.2 Å². The van der Waals surface area contributed by atoms with Crippen LogP contribution in [-0.2, 0) is 11.2 Å². The molecule has 0 heterocycles. The lowest BCUT2D eigenvalue weighted by Crippen LogP contribution is -2.41. The summed E-state index contributed by atoms with van der Waals surface area (Å²) < 4.78 is 0. The van der Waals surface area contributed by atoms with Crippen molar-refractivity contribution in [3.05, 3.63) is 39.9 Å². The fourth-order valence-electron chi connectivity index (χ4n) is 1.79. The van der Waals surface area contributed by atoms with Gasteiger partial charge in [0.25, 0.3) is 5.69 Å². The Labute approximate surface area is 124 Å². The van der Waals surface area contributed by atoms with Crippen molar-refractivity contribution in [2.75, 3.05) is 6.54 Å². The maximum atomic E-state index is 11.6. The molecule has 20 heavy (non-hydrogen) atoms. The van der Waals surface area contributed by atoms with E-state index in [4.69, 9.17) is 5.73 Å². The molecule has 112 valence electrons. The lowest BCUT2D eigenvalue weighted by atomic mass is 10.1. The Balaban J connectivity index is 0.00000361. The van der Waals surface area contributed by atoms with Crippen molar-refractivity contribution in [1.29, 1.82) is 0 Å². The average molecular weight is 302 g/mol. The molecule has 0 saturated carbocycles. The van der Waals surface area contributed by atoms with E-state index in [0.717, 1.165) is 6.42 Å². The van der Waals surface area contributed by atoms with Gasteiger partial charge in [0.15, 0.2) is 0 Å². The van der Waals surface area contributed by atoms with E-state index in [0.29, 0.717) is 24.9 Å². The number of benzene rings is 1. The van der Waals surface area contributed by atoms with Gasteiger partial charge in [-0.15, -0.1) is 12.4 Å². The SMILES string of the molecule is CCCC(N)C(=O)NCCc1ccccc1[N+](=O)[O-].Cl. The van der Waals surface area contributed by atoms with Gasteiger partial charge in [-0.2, -0.15) is 0 Å². The summed E-state index contributed by atoms with van der Waals surface area (Å²) in [6, 6.07) is 6.01. The number of nitrogens with one attached hydrogen (secondary N) is 1. The largest absolute Gasteiger partial charge is 0.354 e. The molecule has 0 bridgehead atoms. The van der Waals surface area contributed by atoms with Crippen LogP contribution in [0.4, 0.5) is 5.69 Å². The monoisotopic (exact) mass is 301 g/mol. The molecule has 1 atom stereocenters. The number of para-hydroxylation sites is 1. The van der Waals surface area contributed by atoms with E-state index in [1.54, 1.807) is 18.2 Å². The van der Waals surface area contributed by atoms with Crippen LogP contribution in [0, 0.1) is 10.1 Å². The maximum absolute atomic E-state index is 11.6. The highest BCUT2D eigenvalue weighted by Crippen LogP contribution is 2.17. The van der Waals surface area contributed by atoms with Crippen LogP contribution in [0.5, 0.6) is 0 Å². The Hall–Kier alpha value is -1.66. The first-order valence-electron chi connectivity index (χ1n) is 6.31. The molecule has 3 N–H and O–H groups in total. The van der Waals surface area contributed by atoms with Gasteiger partial charge in [-0.25, -0.2) is 0 Å². The average Bonchev–Trinajstić information content (AvgIpc) is 2.39. The smallest absolute Gasteiger partial charge is 0.272 e. The van der Waals surface area contributed by atoms with Gasteiger partial charge in [0, 0.05) is 18.2 Å². The number of carbonyl (C=O) groups excluding carboxylic acids is 1. The number of nitro groups is 1. The predicted octanol–water partition coefficient (Wildman–Crippen LogP) is 1.80. The summed E-state index contributed by atoms with van der Waals surface area (Å²) in [5, 5.41) is 13.5. The number of rotatable bonds is 7. The number of nitrogens with two attached hydrogens (primary N) is 1. The first-order chi connectivity index (χ1) is 9.06. The number of nitrogens with zero attached hydrogens (tertiary/aromatic N) is 1. The van der Waals surface area contributed by atoms with Gasteiger partial charge < -0.3 is 11.1 Å². The highest BCUT2D eigenvalue weighted by Gasteiger charge is 2.14. The van der Waals surface area contributed by atoms with Gasteiger partial charge >= 0.3 is 0 Å². The lowest BCUT2D eigenvalue weighted by molar-refractivity contribution is -0.385. The van der Waals surface area contributed by atoms with Crippen LogP contribution in [0.15, 0.2) is 24.3 Å². The zero-order valence-electron chi connectivity index (χ0n) is 11.4. The zero-order chi connectivity index (χ0) is 14.3. The maximum Gasteiger partial charge on any atom is 0.272 e. The summed E-state index contributed by atoms with van der Waals surface area (Å²) in [6.07, 6.45) is 1.90. The van der Waals surface area contributed by atoms with Gasteiger partial charge in [0.05, 0.1) is 11.0 Å². The summed E-state index contributed by atoms with van der Waals surface area (Å²) in [4.78, 5) is 22.0. The van der Waals surface area contributed by atoms with Crippen LogP contribution in [0.3, 0.4) is 0 Å². The van der Waals surface area contributed by atoms with Crippen LogP contribution in [0.1, 0.15) is 25.3 Å². The van der Waals surface area contributed by atoms with Crippen LogP contribution in [0.25, 0.3) is 0 Å². The Morgan fingerprint density at radius 2 is 2.10 bits per heavy atom. The van der Waals surface area contributed by atoms with E-state index >= 15 is 0 Å². The third kappa shape index (κ3) is 5.54. The minimum atomic E-state index is -0.504. The number of hydrogen-bond acceptors (Lipinski definition) is 4. The van der Waals surface area contributed by atoms with Crippen LogP contribution >= 0.6 is 12.4 Å². The Morgan fingerprint density at radius 1 is 1.45 bits per heavy atom. The molecule has 0 aliphatic rings. The molecule has 0 fully saturated rings. The van der Waals surface area contributed by atoms with E-state index in [2.05, 4.69) is 5.32 Å². The standard InChI is InChI=1S/C13H19N3O3.ClH/c1-2-5-11(14)13(17)15-9-8-10-6-3-4-7-12(10)16(18)19;/h3-4,6-7,11H,2,5,8-9,14H2,1H3,(H,15,17);1H. The minimum absolute atomic E-state index is 0. The zero-order valence-corrected chi connectivity index (χ0v) is 12.2. The predicted molar refractivity (Wildman–Crippen MR) is 79.9 cm³/mol. The number of amides is 1. The van der Waals surface area contributed by atoms with Crippen molar-refractivity contribution < 1.29 is 9.72 Å². The van der Waals surface area contributed by atoms with Gasteiger partial charge in [-0.3, -0.25) is 14.9 Å². The third-order valence-corrected chi connectivity index (χ3v) is 2.82. The molecule has 0 aliphatic carbocycles. The second-order valence-electron chi connectivity index (χ2n) is 4.32. The fraction of sp³-hybridized carbons (Fsp3) is 0.462. The molecule has 7 heteroatoms. The molecule has 1 amide bonds. The van der Waals surface area contributed by atoms with Gasteiger partial charge in [-0.1, -0.05) is 31.5 Å². The number of halogens is 1. The minimum Gasteiger partial charge on any atom is -0.354 e. The quantitative estimate of drug-likeness (QED) is 0.592. The van der Waals surface area contributed by atoms with Crippen LogP contribution < -0.4 is 11.1 Å².